The van der Waals surface area contributed by atoms with E-state index in [0.717, 1.165) is 49.7 Å². The van der Waals surface area contributed by atoms with Gasteiger partial charge in [0, 0.05) is 32.7 Å². The van der Waals surface area contributed by atoms with Gasteiger partial charge in [-0.3, -0.25) is 0 Å². The number of furan rings is 1. The van der Waals surface area contributed by atoms with Crippen molar-refractivity contribution in [2.24, 2.45) is 0 Å². The van der Waals surface area contributed by atoms with Crippen LogP contribution in [0.15, 0.2) is 150 Å². The molecule has 0 radical (unpaired) electrons. The summed E-state index contributed by atoms with van der Waals surface area (Å²) >= 11 is 0. The third kappa shape index (κ3) is 3.52. The molecule has 0 atom stereocenters. The monoisotopic (exact) mass is 572 g/mol. The molecule has 10 aromatic rings. The van der Waals surface area contributed by atoms with Crippen LogP contribution in [0.3, 0.4) is 0 Å². The second kappa shape index (κ2) is 9.22. The Bertz CT molecular complexity index is 2830. The highest BCUT2D eigenvalue weighted by Gasteiger charge is 2.19. The van der Waals surface area contributed by atoms with Crippen LogP contribution in [-0.2, 0) is 0 Å². The quantitative estimate of drug-likeness (QED) is 0.193. The molecule has 0 aliphatic rings. The topological polar surface area (TPSA) is 38.9 Å². The third-order valence-electron chi connectivity index (χ3n) is 9.25. The van der Waals surface area contributed by atoms with E-state index in [4.69, 9.17) is 14.4 Å². The summed E-state index contributed by atoms with van der Waals surface area (Å²) in [5.41, 5.74) is 5.61. The van der Waals surface area contributed by atoms with E-state index in [9.17, 15) is 0 Å². The zero-order chi connectivity index (χ0) is 29.5. The van der Waals surface area contributed by atoms with Gasteiger partial charge in [-0.2, -0.15) is 0 Å². The number of aromatic nitrogens is 2. The molecular formula is C42H24N2O. The number of rotatable bonds is 2. The first kappa shape index (κ1) is 24.4. The van der Waals surface area contributed by atoms with Gasteiger partial charge < -0.3 is 4.42 Å². The van der Waals surface area contributed by atoms with Crippen LogP contribution in [0.5, 0.6) is 0 Å². The van der Waals surface area contributed by atoms with Crippen LogP contribution in [0.25, 0.3) is 98.6 Å². The zero-order valence-electron chi connectivity index (χ0n) is 24.2. The van der Waals surface area contributed by atoms with Gasteiger partial charge in [-0.1, -0.05) is 127 Å². The Hall–Kier alpha value is -6.06. The molecule has 10 rings (SSSR count). The third-order valence-corrected chi connectivity index (χ3v) is 9.25. The van der Waals surface area contributed by atoms with Gasteiger partial charge in [0.05, 0.1) is 11.2 Å². The number of hydrogen-bond donors (Lipinski definition) is 0. The Morgan fingerprint density at radius 1 is 0.356 bits per heavy atom. The van der Waals surface area contributed by atoms with Gasteiger partial charge in [-0.25, -0.2) is 9.97 Å². The number of nitrogens with zero attached hydrogens (tertiary/aromatic N) is 2. The van der Waals surface area contributed by atoms with Crippen molar-refractivity contribution < 1.29 is 4.42 Å². The highest BCUT2D eigenvalue weighted by atomic mass is 16.3. The van der Waals surface area contributed by atoms with E-state index >= 15 is 0 Å². The summed E-state index contributed by atoms with van der Waals surface area (Å²) in [4.78, 5) is 10.6. The molecule has 3 nitrogen and oxygen atoms in total. The van der Waals surface area contributed by atoms with Crippen molar-refractivity contribution in [3.05, 3.63) is 146 Å². The van der Waals surface area contributed by atoms with Crippen molar-refractivity contribution in [3.63, 3.8) is 0 Å². The van der Waals surface area contributed by atoms with Crippen molar-refractivity contribution in [1.82, 2.24) is 9.97 Å². The fraction of sp³-hybridized carbons (Fsp3) is 0. The summed E-state index contributed by atoms with van der Waals surface area (Å²) in [5, 5.41) is 12.9. The molecule has 0 amide bonds. The first-order valence-corrected chi connectivity index (χ1v) is 15.3. The molecule has 0 unspecified atom stereocenters. The molecular weight excluding hydrogens is 548 g/mol. The fourth-order valence-electron chi connectivity index (χ4n) is 7.25. The van der Waals surface area contributed by atoms with E-state index in [-0.39, 0.29) is 0 Å². The lowest BCUT2D eigenvalue weighted by molar-refractivity contribution is 0.669. The number of fused-ring (bicyclic) bond motifs is 11. The molecule has 0 spiro atoms. The minimum Gasteiger partial charge on any atom is -0.456 e. The van der Waals surface area contributed by atoms with Gasteiger partial charge in [0.2, 0.25) is 0 Å². The van der Waals surface area contributed by atoms with Gasteiger partial charge in [-0.15, -0.1) is 0 Å². The van der Waals surface area contributed by atoms with Crippen molar-refractivity contribution in [2.75, 3.05) is 0 Å². The SMILES string of the molecule is c1ccc2c(c1)ccc1c2ccc2ccc3cccc(-c4nc(-c5cccc6oc7ccccc7c56)c5ccccc5n4)c3c21. The molecule has 0 aliphatic carbocycles. The normalized spacial score (nSPS) is 12.0. The minimum absolute atomic E-state index is 0.712. The maximum atomic E-state index is 6.28. The summed E-state index contributed by atoms with van der Waals surface area (Å²) in [6.07, 6.45) is 0. The Morgan fingerprint density at radius 3 is 1.93 bits per heavy atom. The lowest BCUT2D eigenvalue weighted by Crippen LogP contribution is -1.96. The number of benzene rings is 8. The van der Waals surface area contributed by atoms with Crippen molar-refractivity contribution in [1.29, 1.82) is 0 Å². The Labute approximate surface area is 258 Å². The molecule has 2 aromatic heterocycles. The first-order valence-electron chi connectivity index (χ1n) is 15.3. The van der Waals surface area contributed by atoms with Gasteiger partial charge in [0.25, 0.3) is 0 Å². The molecule has 0 N–H and O–H groups in total. The molecule has 2 heterocycles. The highest BCUT2D eigenvalue weighted by molar-refractivity contribution is 6.27. The zero-order valence-corrected chi connectivity index (χ0v) is 24.2. The molecule has 3 heteroatoms. The first-order chi connectivity index (χ1) is 22.3. The number of para-hydroxylation sites is 2. The van der Waals surface area contributed by atoms with E-state index in [1.165, 1.54) is 43.1 Å². The maximum absolute atomic E-state index is 6.28. The molecule has 0 saturated heterocycles. The van der Waals surface area contributed by atoms with Gasteiger partial charge >= 0.3 is 0 Å². The standard InChI is InChI=1S/C42H24N2O/c1-2-11-28-25(9-1)21-24-30-29(28)23-22-27-20-19-26-10-7-15-34(39(26)38(27)30)42-43-35-16-5-3-12-31(35)41(44-42)33-14-8-18-37-40(33)32-13-4-6-17-36(32)45-37/h1-24H. The van der Waals surface area contributed by atoms with Gasteiger partial charge in [0.1, 0.15) is 11.2 Å². The summed E-state index contributed by atoms with van der Waals surface area (Å²) in [7, 11) is 0. The maximum Gasteiger partial charge on any atom is 0.161 e. The van der Waals surface area contributed by atoms with Crippen molar-refractivity contribution in [3.8, 4) is 22.6 Å². The highest BCUT2D eigenvalue weighted by Crippen LogP contribution is 2.42. The predicted octanol–water partition coefficient (Wildman–Crippen LogP) is 11.5. The minimum atomic E-state index is 0.712. The summed E-state index contributed by atoms with van der Waals surface area (Å²) in [5.74, 6) is 0.712. The van der Waals surface area contributed by atoms with Crippen LogP contribution in [0.2, 0.25) is 0 Å². The van der Waals surface area contributed by atoms with Crippen LogP contribution in [0.1, 0.15) is 0 Å². The van der Waals surface area contributed by atoms with E-state index in [0.29, 0.717) is 5.82 Å². The molecule has 0 bridgehead atoms. The average molecular weight is 573 g/mol. The van der Waals surface area contributed by atoms with Crippen LogP contribution < -0.4 is 0 Å². The van der Waals surface area contributed by atoms with Gasteiger partial charge in [-0.05, 0) is 55.9 Å². The van der Waals surface area contributed by atoms with Crippen LogP contribution in [0, 0.1) is 0 Å². The fourth-order valence-corrected chi connectivity index (χ4v) is 7.25. The summed E-state index contributed by atoms with van der Waals surface area (Å²) < 4.78 is 6.28. The largest absolute Gasteiger partial charge is 0.456 e. The van der Waals surface area contributed by atoms with Crippen LogP contribution in [0.4, 0.5) is 0 Å². The van der Waals surface area contributed by atoms with E-state index < -0.39 is 0 Å². The lowest BCUT2D eigenvalue weighted by Gasteiger charge is -2.15. The molecule has 0 fully saturated rings. The smallest absolute Gasteiger partial charge is 0.161 e. The van der Waals surface area contributed by atoms with E-state index in [1.54, 1.807) is 0 Å². The predicted molar refractivity (Wildman–Crippen MR) is 188 cm³/mol. The van der Waals surface area contributed by atoms with Gasteiger partial charge in [0.15, 0.2) is 5.82 Å². The van der Waals surface area contributed by atoms with E-state index in [2.05, 4.69) is 121 Å². The Kier molecular flexibility index (Phi) is 5.00. The second-order valence-electron chi connectivity index (χ2n) is 11.7. The van der Waals surface area contributed by atoms with Crippen LogP contribution >= 0.6 is 0 Å². The summed E-state index contributed by atoms with van der Waals surface area (Å²) in [6.45, 7) is 0. The molecule has 0 aliphatic heterocycles. The molecule has 8 aromatic carbocycles. The number of hydrogen-bond acceptors (Lipinski definition) is 3. The Balaban J connectivity index is 1.33. The lowest BCUT2D eigenvalue weighted by atomic mass is 9.91. The average Bonchev–Trinajstić information content (AvgIpc) is 3.49. The molecule has 0 saturated carbocycles. The van der Waals surface area contributed by atoms with Crippen molar-refractivity contribution in [2.45, 2.75) is 0 Å². The second-order valence-corrected chi connectivity index (χ2v) is 11.7. The summed E-state index contributed by atoms with van der Waals surface area (Å²) in [6, 6.07) is 51.3. The van der Waals surface area contributed by atoms with Crippen LogP contribution in [-0.4, -0.2) is 9.97 Å². The van der Waals surface area contributed by atoms with E-state index in [1.807, 2.05) is 24.3 Å². The molecule has 208 valence electrons. The van der Waals surface area contributed by atoms with Crippen molar-refractivity contribution >= 4 is 75.9 Å². The Morgan fingerprint density at radius 2 is 1.00 bits per heavy atom. The molecule has 45 heavy (non-hydrogen) atoms.